The fourth-order valence-electron chi connectivity index (χ4n) is 3.79. The average molecular weight is 419 g/mol. The second-order valence-electron chi connectivity index (χ2n) is 7.46. The quantitative estimate of drug-likeness (QED) is 0.678. The van der Waals surface area contributed by atoms with Crippen LogP contribution < -0.4 is 10.2 Å². The molecule has 2 atom stereocenters. The summed E-state index contributed by atoms with van der Waals surface area (Å²) in [6, 6.07) is 4.08. The molecule has 4 heterocycles. The van der Waals surface area contributed by atoms with Crippen molar-refractivity contribution < 1.29 is 23.1 Å². The number of aromatic nitrogens is 3. The highest BCUT2D eigenvalue weighted by Gasteiger charge is 2.38. The molecule has 0 radical (unpaired) electrons. The third-order valence-corrected chi connectivity index (χ3v) is 5.28. The van der Waals surface area contributed by atoms with E-state index < -0.39 is 17.7 Å². The molecule has 0 aliphatic carbocycles. The van der Waals surface area contributed by atoms with E-state index >= 15 is 0 Å². The maximum atomic E-state index is 14.0. The number of hydrogen-bond acceptors (Lipinski definition) is 5. The van der Waals surface area contributed by atoms with Crippen LogP contribution in [0.15, 0.2) is 36.8 Å². The van der Waals surface area contributed by atoms with Crippen molar-refractivity contribution in [1.82, 2.24) is 19.9 Å². The van der Waals surface area contributed by atoms with Crippen molar-refractivity contribution in [3.8, 4) is 5.82 Å². The molecule has 0 unspecified atom stereocenters. The van der Waals surface area contributed by atoms with E-state index in [1.165, 1.54) is 35.2 Å². The van der Waals surface area contributed by atoms with Gasteiger partial charge in [0, 0.05) is 43.8 Å². The smallest absolute Gasteiger partial charge is 0.418 e. The zero-order valence-electron chi connectivity index (χ0n) is 16.3. The fourth-order valence-corrected chi connectivity index (χ4v) is 3.79. The van der Waals surface area contributed by atoms with Gasteiger partial charge in [-0.05, 0) is 32.0 Å². The summed E-state index contributed by atoms with van der Waals surface area (Å²) in [6.07, 6.45) is -0.927. The summed E-state index contributed by atoms with van der Waals surface area (Å²) in [5.74, 6) is -0.833. The zero-order chi connectivity index (χ0) is 21.6. The molecule has 0 spiro atoms. The molecule has 3 aromatic rings. The Morgan fingerprint density at radius 2 is 1.97 bits per heavy atom. The number of carboxylic acid groups (broad SMARTS) is 1. The third-order valence-electron chi connectivity index (χ3n) is 5.28. The molecule has 1 fully saturated rings. The number of aromatic carboxylic acids is 1. The van der Waals surface area contributed by atoms with E-state index in [9.17, 15) is 23.1 Å². The van der Waals surface area contributed by atoms with Gasteiger partial charge in [-0.25, -0.2) is 14.8 Å². The Labute approximate surface area is 170 Å². The van der Waals surface area contributed by atoms with E-state index in [0.717, 1.165) is 6.20 Å². The molecule has 7 nitrogen and oxygen atoms in total. The van der Waals surface area contributed by atoms with Gasteiger partial charge in [0.05, 0.1) is 22.0 Å². The summed E-state index contributed by atoms with van der Waals surface area (Å²) in [6.45, 7) is 5.05. The van der Waals surface area contributed by atoms with Crippen molar-refractivity contribution in [3.05, 3.63) is 47.9 Å². The number of nitrogens with zero attached hydrogens (tertiary/aromatic N) is 4. The van der Waals surface area contributed by atoms with Crippen LogP contribution in [-0.2, 0) is 6.18 Å². The normalized spacial score (nSPS) is 20.0. The summed E-state index contributed by atoms with van der Waals surface area (Å²) in [5.41, 5.74) is -0.628. The number of carboxylic acids is 1. The minimum atomic E-state index is -4.62. The van der Waals surface area contributed by atoms with Gasteiger partial charge < -0.3 is 19.9 Å². The second kappa shape index (κ2) is 7.28. The molecule has 0 bridgehead atoms. The first-order valence-corrected chi connectivity index (χ1v) is 9.44. The van der Waals surface area contributed by atoms with Crippen LogP contribution in [-0.4, -0.2) is 50.8 Å². The Morgan fingerprint density at radius 3 is 2.67 bits per heavy atom. The number of hydrogen-bond donors (Lipinski definition) is 2. The van der Waals surface area contributed by atoms with Crippen LogP contribution in [0.3, 0.4) is 0 Å². The molecule has 158 valence electrons. The molecule has 2 N–H and O–H groups in total. The Bertz CT molecular complexity index is 1110. The van der Waals surface area contributed by atoms with Crippen molar-refractivity contribution in [1.29, 1.82) is 0 Å². The van der Waals surface area contributed by atoms with Gasteiger partial charge in [0.15, 0.2) is 0 Å². The molecule has 1 saturated heterocycles. The van der Waals surface area contributed by atoms with Gasteiger partial charge in [-0.3, -0.25) is 0 Å². The SMILES string of the molecule is C[C@@H]1CN(c2nccc3c2c(C(F)(F)F)cn3-c2cc(C(=O)O)ccn2)[C@@H](C)CN1. The number of anilines is 1. The summed E-state index contributed by atoms with van der Waals surface area (Å²) in [5, 5.41) is 12.5. The van der Waals surface area contributed by atoms with Gasteiger partial charge >= 0.3 is 12.1 Å². The molecule has 0 amide bonds. The lowest BCUT2D eigenvalue weighted by molar-refractivity contribution is -0.136. The Balaban J connectivity index is 1.97. The number of carbonyl (C=O) groups is 1. The minimum Gasteiger partial charge on any atom is -0.478 e. The number of piperazine rings is 1. The number of halogens is 3. The van der Waals surface area contributed by atoms with E-state index in [2.05, 4.69) is 15.3 Å². The number of nitrogens with one attached hydrogen (secondary N) is 1. The molecule has 3 aromatic heterocycles. The van der Waals surface area contributed by atoms with Gasteiger partial charge in [0.2, 0.25) is 0 Å². The summed E-state index contributed by atoms with van der Waals surface area (Å²) in [7, 11) is 0. The highest BCUT2D eigenvalue weighted by atomic mass is 19.4. The molecular formula is C20H20F3N5O2. The monoisotopic (exact) mass is 419 g/mol. The maximum absolute atomic E-state index is 14.0. The molecule has 30 heavy (non-hydrogen) atoms. The van der Waals surface area contributed by atoms with Gasteiger partial charge in [-0.15, -0.1) is 0 Å². The predicted octanol–water partition coefficient (Wildman–Crippen LogP) is 3.32. The van der Waals surface area contributed by atoms with Crippen LogP contribution in [0.2, 0.25) is 0 Å². The molecule has 4 rings (SSSR count). The molecule has 0 saturated carbocycles. The molecule has 0 aromatic carbocycles. The van der Waals surface area contributed by atoms with Crippen molar-refractivity contribution >= 4 is 22.7 Å². The molecule has 1 aliphatic rings. The second-order valence-corrected chi connectivity index (χ2v) is 7.46. The van der Waals surface area contributed by atoms with Crippen molar-refractivity contribution in [2.45, 2.75) is 32.1 Å². The zero-order valence-corrected chi connectivity index (χ0v) is 16.3. The highest BCUT2D eigenvalue weighted by Crippen LogP contribution is 2.41. The fraction of sp³-hybridized carbons (Fsp3) is 0.350. The third kappa shape index (κ3) is 3.47. The van der Waals surface area contributed by atoms with Gasteiger partial charge in [0.1, 0.15) is 11.6 Å². The van der Waals surface area contributed by atoms with Crippen LogP contribution in [0.5, 0.6) is 0 Å². The summed E-state index contributed by atoms with van der Waals surface area (Å²) in [4.78, 5) is 21.6. The molecule has 1 aliphatic heterocycles. The average Bonchev–Trinajstić information content (AvgIpc) is 3.10. The lowest BCUT2D eigenvalue weighted by atomic mass is 10.1. The highest BCUT2D eigenvalue weighted by molar-refractivity contribution is 5.96. The first-order valence-electron chi connectivity index (χ1n) is 9.44. The van der Waals surface area contributed by atoms with Crippen LogP contribution in [0.4, 0.5) is 19.0 Å². The van der Waals surface area contributed by atoms with Gasteiger partial charge in [0.25, 0.3) is 0 Å². The first kappa shape index (κ1) is 20.1. The first-order chi connectivity index (χ1) is 14.2. The number of fused-ring (bicyclic) bond motifs is 1. The lowest BCUT2D eigenvalue weighted by Crippen LogP contribution is -2.54. The van der Waals surface area contributed by atoms with E-state index in [1.807, 2.05) is 18.7 Å². The van der Waals surface area contributed by atoms with Gasteiger partial charge in [-0.1, -0.05) is 0 Å². The Morgan fingerprint density at radius 1 is 1.23 bits per heavy atom. The molecular weight excluding hydrogens is 399 g/mol. The standard InChI is InChI=1S/C20H20F3N5O2/c1-11-9-27(12(2)8-26-11)18-17-14(20(21,22)23)10-28(15(17)4-6-25-18)16-7-13(19(29)30)3-5-24-16/h3-7,10-12,26H,8-9H2,1-2H3,(H,29,30)/t11-,12+/m1/s1. The van der Waals surface area contributed by atoms with E-state index in [0.29, 0.717) is 13.1 Å². The Hall–Kier alpha value is -3.14. The van der Waals surface area contributed by atoms with Crippen LogP contribution >= 0.6 is 0 Å². The Kier molecular flexibility index (Phi) is 4.89. The van der Waals surface area contributed by atoms with E-state index in [4.69, 9.17) is 0 Å². The largest absolute Gasteiger partial charge is 0.478 e. The molecule has 10 heteroatoms. The van der Waals surface area contributed by atoms with Crippen molar-refractivity contribution in [2.75, 3.05) is 18.0 Å². The number of pyridine rings is 2. The van der Waals surface area contributed by atoms with Crippen molar-refractivity contribution in [3.63, 3.8) is 0 Å². The van der Waals surface area contributed by atoms with Crippen molar-refractivity contribution in [2.24, 2.45) is 0 Å². The number of rotatable bonds is 3. The van der Waals surface area contributed by atoms with Crippen LogP contribution in [0, 0.1) is 0 Å². The summed E-state index contributed by atoms with van der Waals surface area (Å²) < 4.78 is 43.2. The lowest BCUT2D eigenvalue weighted by Gasteiger charge is -2.38. The summed E-state index contributed by atoms with van der Waals surface area (Å²) >= 11 is 0. The van der Waals surface area contributed by atoms with Crippen LogP contribution in [0.25, 0.3) is 16.7 Å². The minimum absolute atomic E-state index is 0.0199. The maximum Gasteiger partial charge on any atom is 0.418 e. The van der Waals surface area contributed by atoms with E-state index in [-0.39, 0.29) is 40.2 Å². The van der Waals surface area contributed by atoms with Crippen LogP contribution in [0.1, 0.15) is 29.8 Å². The predicted molar refractivity (Wildman–Crippen MR) is 105 cm³/mol. The topological polar surface area (TPSA) is 83.3 Å². The van der Waals surface area contributed by atoms with Gasteiger partial charge in [-0.2, -0.15) is 13.2 Å². The number of alkyl halides is 3. The van der Waals surface area contributed by atoms with E-state index in [1.54, 1.807) is 0 Å².